The summed E-state index contributed by atoms with van der Waals surface area (Å²) in [5, 5.41) is 0. The first-order valence-corrected chi connectivity index (χ1v) is 6.63. The highest BCUT2D eigenvalue weighted by atomic mass is 16.5. The predicted octanol–water partition coefficient (Wildman–Crippen LogP) is 2.59. The molecule has 1 aromatic carbocycles. The van der Waals surface area contributed by atoms with Crippen molar-refractivity contribution in [3.05, 3.63) is 48.7 Å². The highest BCUT2D eigenvalue weighted by Crippen LogP contribution is 2.31. The molecule has 0 bridgehead atoms. The number of hydrogen-bond acceptors (Lipinski definition) is 3. The van der Waals surface area contributed by atoms with Gasteiger partial charge in [0.1, 0.15) is 17.5 Å². The fourth-order valence-electron chi connectivity index (χ4n) is 2.65. The fourth-order valence-corrected chi connectivity index (χ4v) is 2.65. The Labute approximate surface area is 116 Å². The van der Waals surface area contributed by atoms with Crippen molar-refractivity contribution in [1.29, 1.82) is 0 Å². The van der Waals surface area contributed by atoms with Crippen molar-refractivity contribution < 1.29 is 4.74 Å². The van der Waals surface area contributed by atoms with Crippen LogP contribution in [0.4, 0.5) is 0 Å². The summed E-state index contributed by atoms with van der Waals surface area (Å²) < 4.78 is 7.79. The van der Waals surface area contributed by atoms with Crippen molar-refractivity contribution in [2.75, 3.05) is 0 Å². The van der Waals surface area contributed by atoms with E-state index in [9.17, 15) is 0 Å². The first-order chi connectivity index (χ1) is 9.81. The molecule has 3 aromatic rings. The van der Waals surface area contributed by atoms with Crippen molar-refractivity contribution >= 4 is 0 Å². The summed E-state index contributed by atoms with van der Waals surface area (Å²) in [5.41, 5.74) is 3.24. The molecule has 1 unspecified atom stereocenters. The average Bonchev–Trinajstić information content (AvgIpc) is 3.16. The minimum Gasteiger partial charge on any atom is -0.490 e. The Morgan fingerprint density at radius 1 is 1.40 bits per heavy atom. The maximum absolute atomic E-state index is 5.74. The van der Waals surface area contributed by atoms with Crippen molar-refractivity contribution in [2.45, 2.75) is 19.4 Å². The van der Waals surface area contributed by atoms with Crippen LogP contribution in [-0.2, 0) is 6.42 Å². The van der Waals surface area contributed by atoms with Gasteiger partial charge in [0.05, 0.1) is 12.5 Å². The topological polar surface area (TPSA) is 55.7 Å². The number of hydrogen-bond donors (Lipinski definition) is 1. The number of aromatic amines is 1. The van der Waals surface area contributed by atoms with Crippen LogP contribution in [0.3, 0.4) is 0 Å². The first kappa shape index (κ1) is 11.3. The summed E-state index contributed by atoms with van der Waals surface area (Å²) in [6.07, 6.45) is 8.40. The standard InChI is InChI=1S/C15H14N4O/c1-10-6-11-7-12(2-3-14(11)20-10)19-5-4-17-15(19)13-8-16-9-18-13/h2-5,7-10H,6H2,1H3,(H,16,18). The number of nitrogens with zero attached hydrogens (tertiary/aromatic N) is 3. The van der Waals surface area contributed by atoms with E-state index in [0.717, 1.165) is 29.4 Å². The van der Waals surface area contributed by atoms with E-state index >= 15 is 0 Å². The van der Waals surface area contributed by atoms with Gasteiger partial charge in [-0.3, -0.25) is 4.57 Å². The first-order valence-electron chi connectivity index (χ1n) is 6.63. The zero-order valence-corrected chi connectivity index (χ0v) is 11.1. The fraction of sp³-hybridized carbons (Fsp3) is 0.200. The summed E-state index contributed by atoms with van der Waals surface area (Å²) in [5.74, 6) is 1.85. The van der Waals surface area contributed by atoms with E-state index in [0.29, 0.717) is 0 Å². The smallest absolute Gasteiger partial charge is 0.162 e. The average molecular weight is 266 g/mol. The van der Waals surface area contributed by atoms with Gasteiger partial charge in [-0.2, -0.15) is 0 Å². The van der Waals surface area contributed by atoms with Gasteiger partial charge in [0, 0.05) is 24.5 Å². The lowest BCUT2D eigenvalue weighted by Gasteiger charge is -2.08. The maximum atomic E-state index is 5.74. The summed E-state index contributed by atoms with van der Waals surface area (Å²) in [6.45, 7) is 2.09. The molecular formula is C15H14N4O. The third-order valence-electron chi connectivity index (χ3n) is 3.54. The van der Waals surface area contributed by atoms with Gasteiger partial charge >= 0.3 is 0 Å². The molecule has 0 saturated carbocycles. The zero-order valence-electron chi connectivity index (χ0n) is 11.1. The number of nitrogens with one attached hydrogen (secondary N) is 1. The van der Waals surface area contributed by atoms with E-state index in [2.05, 4.69) is 38.6 Å². The molecule has 100 valence electrons. The summed E-state index contributed by atoms with van der Waals surface area (Å²) in [6, 6.07) is 6.25. The van der Waals surface area contributed by atoms with Crippen molar-refractivity contribution in [3.8, 4) is 23.0 Å². The molecule has 3 heterocycles. The van der Waals surface area contributed by atoms with Crippen LogP contribution < -0.4 is 4.74 Å². The number of fused-ring (bicyclic) bond motifs is 1. The summed E-state index contributed by atoms with van der Waals surface area (Å²) in [7, 11) is 0. The van der Waals surface area contributed by atoms with Crippen molar-refractivity contribution in [2.24, 2.45) is 0 Å². The van der Waals surface area contributed by atoms with Gasteiger partial charge < -0.3 is 9.72 Å². The van der Waals surface area contributed by atoms with Crippen LogP contribution in [0.25, 0.3) is 17.2 Å². The summed E-state index contributed by atoms with van der Waals surface area (Å²) in [4.78, 5) is 11.5. The second-order valence-corrected chi connectivity index (χ2v) is 5.01. The molecule has 5 heteroatoms. The minimum atomic E-state index is 0.259. The molecule has 1 aliphatic rings. The van der Waals surface area contributed by atoms with Gasteiger partial charge in [-0.15, -0.1) is 0 Å². The molecule has 20 heavy (non-hydrogen) atoms. The largest absolute Gasteiger partial charge is 0.490 e. The van der Waals surface area contributed by atoms with E-state index in [1.165, 1.54) is 5.56 Å². The molecule has 1 N–H and O–H groups in total. The Balaban J connectivity index is 1.80. The van der Waals surface area contributed by atoms with E-state index in [-0.39, 0.29) is 6.10 Å². The minimum absolute atomic E-state index is 0.259. The Bertz CT molecular complexity index is 745. The molecule has 5 nitrogen and oxygen atoms in total. The van der Waals surface area contributed by atoms with Crippen LogP contribution in [0.2, 0.25) is 0 Å². The molecule has 1 atom stereocenters. The zero-order chi connectivity index (χ0) is 13.5. The highest BCUT2D eigenvalue weighted by molar-refractivity contribution is 5.55. The number of aromatic nitrogens is 4. The van der Waals surface area contributed by atoms with E-state index in [1.54, 1.807) is 18.7 Å². The second-order valence-electron chi connectivity index (χ2n) is 5.01. The van der Waals surface area contributed by atoms with Crippen LogP contribution >= 0.6 is 0 Å². The molecule has 0 saturated heterocycles. The van der Waals surface area contributed by atoms with Crippen LogP contribution in [-0.4, -0.2) is 25.6 Å². The SMILES string of the molecule is CC1Cc2cc(-n3ccnc3-c3cnc[nH]3)ccc2O1. The van der Waals surface area contributed by atoms with Gasteiger partial charge in [-0.05, 0) is 30.7 Å². The quantitative estimate of drug-likeness (QED) is 0.775. The van der Waals surface area contributed by atoms with Crippen LogP contribution in [0.5, 0.6) is 5.75 Å². The number of rotatable bonds is 2. The molecule has 0 spiro atoms. The molecule has 0 fully saturated rings. The van der Waals surface area contributed by atoms with Crippen LogP contribution in [0, 0.1) is 0 Å². The van der Waals surface area contributed by atoms with Crippen LogP contribution in [0.15, 0.2) is 43.1 Å². The Kier molecular flexibility index (Phi) is 2.39. The molecule has 0 amide bonds. The normalized spacial score (nSPS) is 16.9. The molecule has 2 aromatic heterocycles. The van der Waals surface area contributed by atoms with Gasteiger partial charge in [-0.25, -0.2) is 9.97 Å². The number of benzene rings is 1. The van der Waals surface area contributed by atoms with Gasteiger partial charge in [-0.1, -0.05) is 0 Å². The molecular weight excluding hydrogens is 252 g/mol. The molecule has 4 rings (SSSR count). The maximum Gasteiger partial charge on any atom is 0.162 e. The summed E-state index contributed by atoms with van der Waals surface area (Å²) >= 11 is 0. The third-order valence-corrected chi connectivity index (χ3v) is 3.54. The van der Waals surface area contributed by atoms with Gasteiger partial charge in [0.2, 0.25) is 0 Å². The number of ether oxygens (including phenoxy) is 1. The Hall–Kier alpha value is -2.56. The lowest BCUT2D eigenvalue weighted by atomic mass is 10.1. The van der Waals surface area contributed by atoms with Crippen molar-refractivity contribution in [3.63, 3.8) is 0 Å². The monoisotopic (exact) mass is 266 g/mol. The number of imidazole rings is 2. The highest BCUT2D eigenvalue weighted by Gasteiger charge is 2.20. The Morgan fingerprint density at radius 2 is 2.35 bits per heavy atom. The van der Waals surface area contributed by atoms with E-state index < -0.39 is 0 Å². The van der Waals surface area contributed by atoms with Crippen LogP contribution in [0.1, 0.15) is 12.5 Å². The molecule has 0 aliphatic carbocycles. The van der Waals surface area contributed by atoms with Gasteiger partial charge in [0.15, 0.2) is 5.82 Å². The van der Waals surface area contributed by atoms with Gasteiger partial charge in [0.25, 0.3) is 0 Å². The van der Waals surface area contributed by atoms with E-state index in [4.69, 9.17) is 4.74 Å². The lowest BCUT2D eigenvalue weighted by molar-refractivity contribution is 0.254. The van der Waals surface area contributed by atoms with E-state index in [1.807, 2.05) is 12.3 Å². The Morgan fingerprint density at radius 3 is 3.20 bits per heavy atom. The number of H-pyrrole nitrogens is 1. The second kappa shape index (κ2) is 4.23. The molecule has 0 radical (unpaired) electrons. The molecule has 1 aliphatic heterocycles. The lowest BCUT2D eigenvalue weighted by Crippen LogP contribution is -2.05. The predicted molar refractivity (Wildman–Crippen MR) is 74.9 cm³/mol. The van der Waals surface area contributed by atoms with Crippen molar-refractivity contribution in [1.82, 2.24) is 19.5 Å². The third kappa shape index (κ3) is 1.71.